The van der Waals surface area contributed by atoms with Crippen molar-refractivity contribution >= 4 is 17.3 Å². The molecule has 0 spiro atoms. The molecule has 2 N–H and O–H groups in total. The van der Waals surface area contributed by atoms with Gasteiger partial charge < -0.3 is 5.73 Å². The van der Waals surface area contributed by atoms with Crippen LogP contribution in [0, 0.1) is 11.3 Å². The molecule has 0 amide bonds. The van der Waals surface area contributed by atoms with Crippen molar-refractivity contribution in [2.45, 2.75) is 25.9 Å². The SMILES string of the molecule is CC(CC#N)N(C)Cc1cc(N)ccc1Cl. The van der Waals surface area contributed by atoms with Crippen LogP contribution in [-0.4, -0.2) is 18.0 Å². The fourth-order valence-electron chi connectivity index (χ4n) is 1.43. The van der Waals surface area contributed by atoms with E-state index in [1.54, 1.807) is 12.1 Å². The lowest BCUT2D eigenvalue weighted by Crippen LogP contribution is -2.28. The highest BCUT2D eigenvalue weighted by Gasteiger charge is 2.11. The van der Waals surface area contributed by atoms with Crippen LogP contribution in [0.4, 0.5) is 5.69 Å². The fourth-order valence-corrected chi connectivity index (χ4v) is 1.61. The van der Waals surface area contributed by atoms with Crippen LogP contribution in [-0.2, 0) is 6.54 Å². The number of nitrogens with zero attached hydrogens (tertiary/aromatic N) is 2. The zero-order valence-electron chi connectivity index (χ0n) is 9.57. The molecule has 0 bridgehead atoms. The predicted octanol–water partition coefficient (Wildman–Crippen LogP) is 2.66. The Morgan fingerprint density at radius 1 is 1.56 bits per heavy atom. The largest absolute Gasteiger partial charge is 0.399 e. The van der Waals surface area contributed by atoms with E-state index in [1.165, 1.54) is 0 Å². The Kier molecular flexibility index (Phi) is 4.60. The fraction of sp³-hybridized carbons (Fsp3) is 0.417. The molecule has 1 unspecified atom stereocenters. The first-order valence-electron chi connectivity index (χ1n) is 5.15. The number of rotatable bonds is 4. The average Bonchev–Trinajstić information content (AvgIpc) is 2.23. The summed E-state index contributed by atoms with van der Waals surface area (Å²) >= 11 is 6.07. The third-order valence-electron chi connectivity index (χ3n) is 2.63. The molecule has 3 nitrogen and oxygen atoms in total. The van der Waals surface area contributed by atoms with Gasteiger partial charge in [-0.25, -0.2) is 0 Å². The summed E-state index contributed by atoms with van der Waals surface area (Å²) in [6, 6.07) is 7.83. The second-order valence-electron chi connectivity index (χ2n) is 3.98. The van der Waals surface area contributed by atoms with Crippen LogP contribution in [0.25, 0.3) is 0 Å². The molecule has 86 valence electrons. The van der Waals surface area contributed by atoms with E-state index in [4.69, 9.17) is 22.6 Å². The monoisotopic (exact) mass is 237 g/mol. The predicted molar refractivity (Wildman–Crippen MR) is 67.0 cm³/mol. The highest BCUT2D eigenvalue weighted by Crippen LogP contribution is 2.21. The smallest absolute Gasteiger partial charge is 0.0638 e. The van der Waals surface area contributed by atoms with Crippen LogP contribution in [0.3, 0.4) is 0 Å². The van der Waals surface area contributed by atoms with Crippen LogP contribution in [0.2, 0.25) is 5.02 Å². The Hall–Kier alpha value is -1.24. The molecule has 1 atom stereocenters. The van der Waals surface area contributed by atoms with Crippen molar-refractivity contribution in [3.63, 3.8) is 0 Å². The van der Waals surface area contributed by atoms with Crippen molar-refractivity contribution < 1.29 is 0 Å². The van der Waals surface area contributed by atoms with Gasteiger partial charge in [0.1, 0.15) is 0 Å². The van der Waals surface area contributed by atoms with Gasteiger partial charge in [-0.05, 0) is 37.7 Å². The van der Waals surface area contributed by atoms with Gasteiger partial charge in [0, 0.05) is 23.3 Å². The van der Waals surface area contributed by atoms with Crippen LogP contribution in [0.1, 0.15) is 18.9 Å². The van der Waals surface area contributed by atoms with Gasteiger partial charge in [-0.15, -0.1) is 0 Å². The minimum Gasteiger partial charge on any atom is -0.399 e. The first kappa shape index (κ1) is 12.8. The van der Waals surface area contributed by atoms with Gasteiger partial charge in [0.05, 0.1) is 12.5 Å². The number of benzene rings is 1. The average molecular weight is 238 g/mol. The second kappa shape index (κ2) is 5.74. The molecule has 0 saturated heterocycles. The summed E-state index contributed by atoms with van der Waals surface area (Å²) in [6.07, 6.45) is 0.510. The number of anilines is 1. The lowest BCUT2D eigenvalue weighted by molar-refractivity contribution is 0.252. The van der Waals surface area contributed by atoms with E-state index in [0.29, 0.717) is 23.7 Å². The Bertz CT molecular complexity index is 398. The highest BCUT2D eigenvalue weighted by molar-refractivity contribution is 6.31. The third kappa shape index (κ3) is 3.41. The minimum absolute atomic E-state index is 0.211. The van der Waals surface area contributed by atoms with Crippen molar-refractivity contribution in [2.75, 3.05) is 12.8 Å². The molecule has 16 heavy (non-hydrogen) atoms. The molecule has 0 aliphatic heterocycles. The first-order chi connectivity index (χ1) is 7.54. The molecular weight excluding hydrogens is 222 g/mol. The lowest BCUT2D eigenvalue weighted by atomic mass is 10.1. The standard InChI is InChI=1S/C12H16ClN3/c1-9(5-6-14)16(2)8-10-7-11(15)3-4-12(10)13/h3-4,7,9H,5,8,15H2,1-2H3. The maximum absolute atomic E-state index is 8.63. The second-order valence-corrected chi connectivity index (χ2v) is 4.38. The van der Waals surface area contributed by atoms with Crippen molar-refractivity contribution in [1.29, 1.82) is 5.26 Å². The van der Waals surface area contributed by atoms with Gasteiger partial charge in [0.2, 0.25) is 0 Å². The molecule has 0 fully saturated rings. The molecule has 0 heterocycles. The molecule has 1 rings (SSSR count). The lowest BCUT2D eigenvalue weighted by Gasteiger charge is -2.23. The summed E-state index contributed by atoms with van der Waals surface area (Å²) in [5.41, 5.74) is 7.41. The van der Waals surface area contributed by atoms with E-state index in [1.807, 2.05) is 20.0 Å². The summed E-state index contributed by atoms with van der Waals surface area (Å²) in [5.74, 6) is 0. The number of nitriles is 1. The van der Waals surface area contributed by atoms with E-state index in [0.717, 1.165) is 5.56 Å². The number of nitrogens with two attached hydrogens (primary N) is 1. The summed E-state index contributed by atoms with van der Waals surface area (Å²) in [7, 11) is 1.97. The molecular formula is C12H16ClN3. The summed E-state index contributed by atoms with van der Waals surface area (Å²) in [6.45, 7) is 2.72. The van der Waals surface area contributed by atoms with Crippen LogP contribution >= 0.6 is 11.6 Å². The molecule has 1 aromatic carbocycles. The zero-order valence-corrected chi connectivity index (χ0v) is 10.3. The molecule has 0 aliphatic rings. The minimum atomic E-state index is 0.211. The summed E-state index contributed by atoms with van der Waals surface area (Å²) in [4.78, 5) is 2.09. The van der Waals surface area contributed by atoms with Crippen LogP contribution < -0.4 is 5.73 Å². The van der Waals surface area contributed by atoms with Gasteiger partial charge in [0.15, 0.2) is 0 Å². The van der Waals surface area contributed by atoms with Crippen molar-refractivity contribution in [1.82, 2.24) is 4.90 Å². The van der Waals surface area contributed by atoms with Crippen molar-refractivity contribution in [2.24, 2.45) is 0 Å². The van der Waals surface area contributed by atoms with Gasteiger partial charge in [-0.1, -0.05) is 11.6 Å². The van der Waals surface area contributed by atoms with Gasteiger partial charge in [0.25, 0.3) is 0 Å². The summed E-state index contributed by atoms with van der Waals surface area (Å²) < 4.78 is 0. The Balaban J connectivity index is 2.73. The van der Waals surface area contributed by atoms with E-state index in [-0.39, 0.29) is 6.04 Å². The molecule has 0 aliphatic carbocycles. The van der Waals surface area contributed by atoms with E-state index < -0.39 is 0 Å². The van der Waals surface area contributed by atoms with Crippen LogP contribution in [0.5, 0.6) is 0 Å². The van der Waals surface area contributed by atoms with Gasteiger partial charge >= 0.3 is 0 Å². The quantitative estimate of drug-likeness (QED) is 0.820. The zero-order chi connectivity index (χ0) is 12.1. The number of halogens is 1. The molecule has 4 heteroatoms. The number of hydrogen-bond donors (Lipinski definition) is 1. The van der Waals surface area contributed by atoms with Crippen molar-refractivity contribution in [3.8, 4) is 6.07 Å². The van der Waals surface area contributed by atoms with E-state index >= 15 is 0 Å². The Morgan fingerprint density at radius 3 is 2.88 bits per heavy atom. The van der Waals surface area contributed by atoms with Crippen molar-refractivity contribution in [3.05, 3.63) is 28.8 Å². The number of hydrogen-bond acceptors (Lipinski definition) is 3. The topological polar surface area (TPSA) is 53.0 Å². The normalized spacial score (nSPS) is 12.4. The Labute approximate surface area is 101 Å². The molecule has 0 saturated carbocycles. The van der Waals surface area contributed by atoms with Gasteiger partial charge in [-0.2, -0.15) is 5.26 Å². The maximum atomic E-state index is 8.63. The Morgan fingerprint density at radius 2 is 2.25 bits per heavy atom. The molecule has 1 aromatic rings. The first-order valence-corrected chi connectivity index (χ1v) is 5.53. The highest BCUT2D eigenvalue weighted by atomic mass is 35.5. The van der Waals surface area contributed by atoms with E-state index in [2.05, 4.69) is 11.0 Å². The van der Waals surface area contributed by atoms with Gasteiger partial charge in [-0.3, -0.25) is 4.90 Å². The molecule has 0 aromatic heterocycles. The maximum Gasteiger partial charge on any atom is 0.0638 e. The third-order valence-corrected chi connectivity index (χ3v) is 3.00. The van der Waals surface area contributed by atoms with E-state index in [9.17, 15) is 0 Å². The molecule has 0 radical (unpaired) electrons. The van der Waals surface area contributed by atoms with Crippen LogP contribution in [0.15, 0.2) is 18.2 Å². The summed E-state index contributed by atoms with van der Waals surface area (Å²) in [5, 5.41) is 9.34. The number of nitrogen functional groups attached to an aromatic ring is 1.